The van der Waals surface area contributed by atoms with E-state index in [4.69, 9.17) is 0 Å². The van der Waals surface area contributed by atoms with Crippen LogP contribution in [0.1, 0.15) is 0 Å². The average molecular weight is 189 g/mol. The number of alkyl halides is 3. The summed E-state index contributed by atoms with van der Waals surface area (Å²) in [4.78, 5) is 11.6. The number of halogens is 3. The molecular formula is C3H2F3NO3S. The molecule has 0 saturated heterocycles. The van der Waals surface area contributed by atoms with Crippen LogP contribution in [0.5, 0.6) is 0 Å². The third kappa shape index (κ3) is 2.69. The lowest BCUT2D eigenvalue weighted by atomic mass is 11.4. The van der Waals surface area contributed by atoms with E-state index in [1.165, 1.54) is 0 Å². The van der Waals surface area contributed by atoms with Gasteiger partial charge in [-0.25, -0.2) is 13.2 Å². The van der Waals surface area contributed by atoms with Crippen molar-refractivity contribution < 1.29 is 26.4 Å². The zero-order valence-electron chi connectivity index (χ0n) is 4.92. The van der Waals surface area contributed by atoms with Crippen molar-refractivity contribution in [2.75, 3.05) is 5.88 Å². The van der Waals surface area contributed by atoms with Gasteiger partial charge in [-0.05, 0) is 0 Å². The highest BCUT2D eigenvalue weighted by Gasteiger charge is 2.45. The Morgan fingerprint density at radius 1 is 1.36 bits per heavy atom. The van der Waals surface area contributed by atoms with E-state index in [0.717, 1.165) is 0 Å². The molecule has 0 amide bonds. The fourth-order valence-electron chi connectivity index (χ4n) is 0.185. The van der Waals surface area contributed by atoms with Gasteiger partial charge >= 0.3 is 5.51 Å². The first-order valence-corrected chi connectivity index (χ1v) is 3.79. The zero-order valence-corrected chi connectivity index (χ0v) is 5.74. The number of sulfone groups is 1. The summed E-state index contributed by atoms with van der Waals surface area (Å²) in [7, 11) is -5.29. The standard InChI is InChI=1S/C3H2F3NO3S/c4-3(5,6)11(9,10)2-7-1-8/h2H2. The van der Waals surface area contributed by atoms with E-state index < -0.39 is 21.2 Å². The first-order chi connectivity index (χ1) is 4.81. The van der Waals surface area contributed by atoms with Crippen LogP contribution in [0.2, 0.25) is 0 Å². The lowest BCUT2D eigenvalue weighted by molar-refractivity contribution is -0.0434. The SMILES string of the molecule is O=C=NCS(=O)(=O)C(F)(F)F. The van der Waals surface area contributed by atoms with Crippen LogP contribution in [0.4, 0.5) is 13.2 Å². The van der Waals surface area contributed by atoms with Crippen LogP contribution in [0.15, 0.2) is 4.99 Å². The fourth-order valence-corrected chi connectivity index (χ4v) is 0.554. The lowest BCUT2D eigenvalue weighted by Gasteiger charge is -2.02. The second-order valence-corrected chi connectivity index (χ2v) is 3.39. The van der Waals surface area contributed by atoms with Crippen molar-refractivity contribution in [3.05, 3.63) is 0 Å². The summed E-state index contributed by atoms with van der Waals surface area (Å²) < 4.78 is 54.2. The van der Waals surface area contributed by atoms with Gasteiger partial charge in [0.25, 0.3) is 9.84 Å². The van der Waals surface area contributed by atoms with Crippen LogP contribution in [0.3, 0.4) is 0 Å². The van der Waals surface area contributed by atoms with Crippen LogP contribution in [0, 0.1) is 0 Å². The first-order valence-electron chi connectivity index (χ1n) is 2.14. The highest BCUT2D eigenvalue weighted by Crippen LogP contribution is 2.23. The minimum Gasteiger partial charge on any atom is -0.218 e. The Labute approximate surface area is 59.6 Å². The van der Waals surface area contributed by atoms with Crippen molar-refractivity contribution >= 4 is 15.9 Å². The van der Waals surface area contributed by atoms with Gasteiger partial charge in [-0.3, -0.25) is 0 Å². The van der Waals surface area contributed by atoms with Crippen LogP contribution in [0.25, 0.3) is 0 Å². The van der Waals surface area contributed by atoms with Gasteiger partial charge in [0.2, 0.25) is 6.08 Å². The minimum absolute atomic E-state index is 0.692. The fraction of sp³-hybridized carbons (Fsp3) is 0.667. The Kier molecular flexibility index (Phi) is 2.77. The van der Waals surface area contributed by atoms with Crippen molar-refractivity contribution in [1.29, 1.82) is 0 Å². The Bertz CT molecular complexity index is 273. The maximum atomic E-state index is 11.4. The van der Waals surface area contributed by atoms with E-state index in [2.05, 4.69) is 4.99 Å². The summed E-state index contributed by atoms with van der Waals surface area (Å²) in [6.45, 7) is 0. The number of hydrogen-bond donors (Lipinski definition) is 0. The van der Waals surface area contributed by atoms with E-state index in [0.29, 0.717) is 6.08 Å². The van der Waals surface area contributed by atoms with Gasteiger partial charge < -0.3 is 0 Å². The van der Waals surface area contributed by atoms with Crippen molar-refractivity contribution in [2.24, 2.45) is 4.99 Å². The number of hydrogen-bond acceptors (Lipinski definition) is 4. The summed E-state index contributed by atoms with van der Waals surface area (Å²) in [5.74, 6) is -1.60. The predicted octanol–water partition coefficient (Wildman–Crippen LogP) is 0.214. The van der Waals surface area contributed by atoms with Gasteiger partial charge in [-0.2, -0.15) is 18.2 Å². The molecular weight excluding hydrogens is 187 g/mol. The molecule has 64 valence electrons. The van der Waals surface area contributed by atoms with E-state index >= 15 is 0 Å². The molecule has 0 aliphatic rings. The van der Waals surface area contributed by atoms with Gasteiger partial charge in [0.05, 0.1) is 0 Å². The molecule has 0 aliphatic heterocycles. The minimum atomic E-state index is -5.35. The largest absolute Gasteiger partial charge is 0.499 e. The molecule has 0 rings (SSSR count). The van der Waals surface area contributed by atoms with E-state index in [-0.39, 0.29) is 0 Å². The number of rotatable bonds is 2. The molecule has 0 fully saturated rings. The number of nitrogens with zero attached hydrogens (tertiary/aromatic N) is 1. The Hall–Kier alpha value is -0.880. The monoisotopic (exact) mass is 189 g/mol. The molecule has 0 radical (unpaired) electrons. The van der Waals surface area contributed by atoms with Crippen molar-refractivity contribution in [3.8, 4) is 0 Å². The van der Waals surface area contributed by atoms with Crippen LogP contribution in [-0.2, 0) is 14.6 Å². The number of carbonyl (C=O) groups excluding carboxylic acids is 1. The van der Waals surface area contributed by atoms with Gasteiger partial charge in [-0.15, -0.1) is 0 Å². The highest BCUT2D eigenvalue weighted by molar-refractivity contribution is 7.92. The predicted molar refractivity (Wildman–Crippen MR) is 28.0 cm³/mol. The third-order valence-corrected chi connectivity index (χ3v) is 1.83. The summed E-state index contributed by atoms with van der Waals surface area (Å²) in [5, 5.41) is 0. The molecule has 0 saturated carbocycles. The molecule has 0 aromatic carbocycles. The van der Waals surface area contributed by atoms with Crippen LogP contribution in [-0.4, -0.2) is 25.9 Å². The zero-order chi connectivity index (χ0) is 9.12. The summed E-state index contributed by atoms with van der Waals surface area (Å²) in [5.41, 5.74) is -5.35. The van der Waals surface area contributed by atoms with Crippen molar-refractivity contribution in [2.45, 2.75) is 5.51 Å². The van der Waals surface area contributed by atoms with Gasteiger partial charge in [0.1, 0.15) is 0 Å². The molecule has 4 nitrogen and oxygen atoms in total. The summed E-state index contributed by atoms with van der Waals surface area (Å²) >= 11 is 0. The van der Waals surface area contributed by atoms with Crippen LogP contribution < -0.4 is 0 Å². The molecule has 0 bridgehead atoms. The second-order valence-electron chi connectivity index (χ2n) is 1.44. The third-order valence-electron chi connectivity index (χ3n) is 0.652. The molecule has 0 unspecified atom stereocenters. The molecule has 0 spiro atoms. The van der Waals surface area contributed by atoms with Gasteiger partial charge in [0.15, 0.2) is 5.88 Å². The molecule has 0 atom stereocenters. The van der Waals surface area contributed by atoms with Crippen molar-refractivity contribution in [1.82, 2.24) is 0 Å². The lowest BCUT2D eigenvalue weighted by Crippen LogP contribution is -2.25. The average Bonchev–Trinajstić information content (AvgIpc) is 1.81. The molecule has 0 aromatic rings. The van der Waals surface area contributed by atoms with Crippen molar-refractivity contribution in [3.63, 3.8) is 0 Å². The molecule has 0 aliphatic carbocycles. The van der Waals surface area contributed by atoms with Gasteiger partial charge in [-0.1, -0.05) is 0 Å². The van der Waals surface area contributed by atoms with E-state index in [1.54, 1.807) is 0 Å². The topological polar surface area (TPSA) is 63.6 Å². The highest BCUT2D eigenvalue weighted by atomic mass is 32.2. The smallest absolute Gasteiger partial charge is 0.218 e. The maximum Gasteiger partial charge on any atom is 0.499 e. The second kappa shape index (κ2) is 3.02. The van der Waals surface area contributed by atoms with E-state index in [9.17, 15) is 26.4 Å². The molecule has 0 N–H and O–H groups in total. The van der Waals surface area contributed by atoms with E-state index in [1.807, 2.05) is 0 Å². The molecule has 8 heteroatoms. The normalized spacial score (nSPS) is 12.3. The van der Waals surface area contributed by atoms with Gasteiger partial charge in [0, 0.05) is 0 Å². The maximum absolute atomic E-state index is 11.4. The Morgan fingerprint density at radius 2 is 1.82 bits per heavy atom. The Balaban J connectivity index is 4.63. The molecule has 0 heterocycles. The molecule has 0 aromatic heterocycles. The number of isocyanates is 1. The van der Waals surface area contributed by atoms with Crippen LogP contribution >= 0.6 is 0 Å². The quantitative estimate of drug-likeness (QED) is 0.461. The molecule has 11 heavy (non-hydrogen) atoms. The summed E-state index contributed by atoms with van der Waals surface area (Å²) in [6.07, 6.45) is 0.692. The Morgan fingerprint density at radius 3 is 2.09 bits per heavy atom. The number of aliphatic imine (C=N–C) groups is 1. The first kappa shape index (κ1) is 10.1. The summed E-state index contributed by atoms with van der Waals surface area (Å²) in [6, 6.07) is 0.